The average Bonchev–Trinajstić information content (AvgIpc) is 2.76. The van der Waals surface area contributed by atoms with Crippen LogP contribution in [0.3, 0.4) is 0 Å². The van der Waals surface area contributed by atoms with Crippen LogP contribution in [0.2, 0.25) is 5.02 Å². The summed E-state index contributed by atoms with van der Waals surface area (Å²) in [7, 11) is 0. The minimum atomic E-state index is 0.308. The molecule has 0 bridgehead atoms. The fraction of sp³-hybridized carbons (Fsp3) is 0.500. The summed E-state index contributed by atoms with van der Waals surface area (Å²) in [5, 5.41) is 8.68. The molecule has 2 rings (SSSR count). The summed E-state index contributed by atoms with van der Waals surface area (Å²) >= 11 is 6.20. The number of aromatic nitrogens is 3. The molecule has 0 aliphatic carbocycles. The van der Waals surface area contributed by atoms with Gasteiger partial charge in [-0.15, -0.1) is 0 Å². The molecule has 1 N–H and O–H groups in total. The first-order valence-electron chi connectivity index (χ1n) is 7.49. The van der Waals surface area contributed by atoms with Gasteiger partial charge in [0.1, 0.15) is 0 Å². The first-order chi connectivity index (χ1) is 10.1. The number of halogens is 1. The van der Waals surface area contributed by atoms with Gasteiger partial charge in [-0.3, -0.25) is 4.98 Å². The van der Waals surface area contributed by atoms with Crippen LogP contribution in [-0.2, 0) is 0 Å². The Morgan fingerprint density at radius 1 is 1.29 bits per heavy atom. The van der Waals surface area contributed by atoms with E-state index in [0.29, 0.717) is 6.04 Å². The van der Waals surface area contributed by atoms with Gasteiger partial charge >= 0.3 is 0 Å². The summed E-state index contributed by atoms with van der Waals surface area (Å²) in [5.74, 6) is 0. The van der Waals surface area contributed by atoms with Crippen LogP contribution < -0.4 is 5.32 Å². The van der Waals surface area contributed by atoms with E-state index in [1.807, 2.05) is 30.8 Å². The summed E-state index contributed by atoms with van der Waals surface area (Å²) in [4.78, 5) is 4.59. The number of rotatable bonds is 6. The van der Waals surface area contributed by atoms with Crippen LogP contribution in [0.15, 0.2) is 18.3 Å². The normalized spacial score (nSPS) is 12.6. The molecule has 0 amide bonds. The lowest BCUT2D eigenvalue weighted by molar-refractivity contribution is 0.507. The minimum Gasteiger partial charge on any atom is -0.309 e. The van der Waals surface area contributed by atoms with Gasteiger partial charge in [0.05, 0.1) is 34.0 Å². The molecule has 114 valence electrons. The summed E-state index contributed by atoms with van der Waals surface area (Å²) in [6.07, 6.45) is 4.01. The highest BCUT2D eigenvalue weighted by atomic mass is 35.5. The van der Waals surface area contributed by atoms with Crippen molar-refractivity contribution >= 4 is 11.6 Å². The van der Waals surface area contributed by atoms with Crippen LogP contribution in [0.1, 0.15) is 49.8 Å². The third-order valence-electron chi connectivity index (χ3n) is 3.62. The van der Waals surface area contributed by atoms with Crippen LogP contribution >= 0.6 is 11.6 Å². The van der Waals surface area contributed by atoms with Crippen LogP contribution in [0.5, 0.6) is 0 Å². The molecule has 5 heteroatoms. The van der Waals surface area contributed by atoms with Gasteiger partial charge in [-0.25, -0.2) is 4.68 Å². The highest BCUT2D eigenvalue weighted by molar-refractivity contribution is 6.31. The van der Waals surface area contributed by atoms with Crippen molar-refractivity contribution < 1.29 is 0 Å². The Morgan fingerprint density at radius 3 is 2.52 bits per heavy atom. The number of nitrogens with one attached hydrogen (secondary N) is 1. The molecule has 0 saturated carbocycles. The zero-order chi connectivity index (χ0) is 15.4. The van der Waals surface area contributed by atoms with Crippen molar-refractivity contribution in [1.82, 2.24) is 20.1 Å². The predicted octanol–water partition coefficient (Wildman–Crippen LogP) is 3.99. The molecule has 0 saturated heterocycles. The molecule has 0 radical (unpaired) electrons. The second-order valence-corrected chi connectivity index (χ2v) is 5.63. The van der Waals surface area contributed by atoms with E-state index in [4.69, 9.17) is 11.6 Å². The SMILES string of the molecule is CCCNC(CC)c1ccc(-n2nc(C)c(Cl)c2C)cn1. The van der Waals surface area contributed by atoms with Gasteiger partial charge in [-0.2, -0.15) is 5.10 Å². The molecular formula is C16H23ClN4. The fourth-order valence-electron chi connectivity index (χ4n) is 2.38. The molecule has 0 fully saturated rings. The maximum Gasteiger partial charge on any atom is 0.0848 e. The largest absolute Gasteiger partial charge is 0.309 e. The molecule has 2 heterocycles. The van der Waals surface area contributed by atoms with Crippen molar-refractivity contribution in [2.45, 2.75) is 46.6 Å². The lowest BCUT2D eigenvalue weighted by Gasteiger charge is -2.16. The van der Waals surface area contributed by atoms with Crippen LogP contribution in [0.25, 0.3) is 5.69 Å². The zero-order valence-electron chi connectivity index (χ0n) is 13.2. The number of nitrogens with zero attached hydrogens (tertiary/aromatic N) is 3. The van der Waals surface area contributed by atoms with Gasteiger partial charge in [0, 0.05) is 6.04 Å². The van der Waals surface area contributed by atoms with Gasteiger partial charge in [0.2, 0.25) is 0 Å². The number of hydrogen-bond acceptors (Lipinski definition) is 3. The molecule has 0 aliphatic heterocycles. The lowest BCUT2D eigenvalue weighted by Crippen LogP contribution is -2.22. The summed E-state index contributed by atoms with van der Waals surface area (Å²) in [6.45, 7) is 9.23. The Hall–Kier alpha value is -1.39. The first-order valence-corrected chi connectivity index (χ1v) is 7.87. The summed E-state index contributed by atoms with van der Waals surface area (Å²) < 4.78 is 1.84. The third-order valence-corrected chi connectivity index (χ3v) is 4.17. The quantitative estimate of drug-likeness (QED) is 0.877. The van der Waals surface area contributed by atoms with E-state index < -0.39 is 0 Å². The van der Waals surface area contributed by atoms with Gasteiger partial charge in [0.15, 0.2) is 0 Å². The van der Waals surface area contributed by atoms with Crippen molar-refractivity contribution in [3.05, 3.63) is 40.4 Å². The number of hydrogen-bond donors (Lipinski definition) is 1. The van der Waals surface area contributed by atoms with Crippen molar-refractivity contribution in [2.24, 2.45) is 0 Å². The molecule has 2 aromatic heterocycles. The van der Waals surface area contributed by atoms with Crippen molar-refractivity contribution in [2.75, 3.05) is 6.54 Å². The van der Waals surface area contributed by atoms with Crippen LogP contribution in [0, 0.1) is 13.8 Å². The van der Waals surface area contributed by atoms with Crippen molar-refractivity contribution in [3.8, 4) is 5.69 Å². The van der Waals surface area contributed by atoms with E-state index in [2.05, 4.69) is 35.3 Å². The Balaban J connectivity index is 2.23. The fourth-order valence-corrected chi connectivity index (χ4v) is 2.50. The molecule has 2 aromatic rings. The molecule has 0 spiro atoms. The summed E-state index contributed by atoms with van der Waals surface area (Å²) in [5.41, 5.74) is 3.80. The van der Waals surface area contributed by atoms with E-state index in [1.54, 1.807) is 0 Å². The van der Waals surface area contributed by atoms with Crippen LogP contribution in [0.4, 0.5) is 0 Å². The highest BCUT2D eigenvalue weighted by Gasteiger charge is 2.13. The van der Waals surface area contributed by atoms with Crippen molar-refractivity contribution in [1.29, 1.82) is 0 Å². The van der Waals surface area contributed by atoms with Gasteiger partial charge in [-0.05, 0) is 45.4 Å². The first kappa shape index (κ1) is 16.0. The molecule has 1 unspecified atom stereocenters. The highest BCUT2D eigenvalue weighted by Crippen LogP contribution is 2.23. The predicted molar refractivity (Wildman–Crippen MR) is 87.2 cm³/mol. The van der Waals surface area contributed by atoms with E-state index in [-0.39, 0.29) is 0 Å². The third kappa shape index (κ3) is 3.44. The molecular weight excluding hydrogens is 284 g/mol. The Labute approximate surface area is 131 Å². The standard InChI is InChI=1S/C16H23ClN4/c1-5-9-18-14(6-2)15-8-7-13(10-19-15)21-12(4)16(17)11(3)20-21/h7-8,10,14,18H,5-6,9H2,1-4H3. The number of pyridine rings is 1. The minimum absolute atomic E-state index is 0.308. The monoisotopic (exact) mass is 306 g/mol. The van der Waals surface area contributed by atoms with Crippen LogP contribution in [-0.4, -0.2) is 21.3 Å². The van der Waals surface area contributed by atoms with Gasteiger partial charge in [0.25, 0.3) is 0 Å². The second kappa shape index (κ2) is 7.05. The summed E-state index contributed by atoms with van der Waals surface area (Å²) in [6, 6.07) is 4.42. The molecule has 1 atom stereocenters. The topological polar surface area (TPSA) is 42.7 Å². The van der Waals surface area contributed by atoms with Gasteiger partial charge in [-0.1, -0.05) is 25.4 Å². The maximum absolute atomic E-state index is 6.20. The van der Waals surface area contributed by atoms with Gasteiger partial charge < -0.3 is 5.32 Å². The smallest absolute Gasteiger partial charge is 0.0848 e. The molecule has 0 aliphatic rings. The zero-order valence-corrected chi connectivity index (χ0v) is 13.9. The Bertz CT molecular complexity index is 589. The van der Waals surface area contributed by atoms with E-state index in [9.17, 15) is 0 Å². The lowest BCUT2D eigenvalue weighted by atomic mass is 10.1. The van der Waals surface area contributed by atoms with Crippen molar-refractivity contribution in [3.63, 3.8) is 0 Å². The molecule has 4 nitrogen and oxygen atoms in total. The number of aryl methyl sites for hydroxylation is 1. The van der Waals surface area contributed by atoms with E-state index in [0.717, 1.165) is 47.2 Å². The average molecular weight is 307 g/mol. The van der Waals surface area contributed by atoms with E-state index >= 15 is 0 Å². The molecule has 21 heavy (non-hydrogen) atoms. The Morgan fingerprint density at radius 2 is 2.05 bits per heavy atom. The van der Waals surface area contributed by atoms with E-state index in [1.165, 1.54) is 0 Å². The molecule has 0 aromatic carbocycles. The maximum atomic E-state index is 6.20. The second-order valence-electron chi connectivity index (χ2n) is 5.25. The Kier molecular flexibility index (Phi) is 5.37.